The van der Waals surface area contributed by atoms with Crippen molar-refractivity contribution in [2.75, 3.05) is 26.3 Å². The molecule has 0 spiro atoms. The van der Waals surface area contributed by atoms with Crippen LogP contribution in [0, 0.1) is 17.8 Å². The molecule has 1 saturated heterocycles. The minimum Gasteiger partial charge on any atom is -0.465 e. The number of carboxylic acid groups (broad SMARTS) is 1. The van der Waals surface area contributed by atoms with E-state index in [4.69, 9.17) is 4.74 Å². The summed E-state index contributed by atoms with van der Waals surface area (Å²) < 4.78 is 18.7. The second-order valence-electron chi connectivity index (χ2n) is 10.3. The zero-order valence-electron chi connectivity index (χ0n) is 21.3. The maximum atomic E-state index is 13.3. The highest BCUT2D eigenvalue weighted by atomic mass is 19.1. The minimum absolute atomic E-state index is 0.0454. The molecule has 0 unspecified atom stereocenters. The van der Waals surface area contributed by atoms with Crippen molar-refractivity contribution < 1.29 is 23.8 Å². The molecule has 8 nitrogen and oxygen atoms in total. The van der Waals surface area contributed by atoms with Gasteiger partial charge in [0.1, 0.15) is 0 Å². The number of fused-ring (bicyclic) bond motifs is 1. The van der Waals surface area contributed by atoms with Gasteiger partial charge in [-0.1, -0.05) is 18.2 Å². The van der Waals surface area contributed by atoms with E-state index in [-0.39, 0.29) is 11.9 Å². The van der Waals surface area contributed by atoms with Crippen LogP contribution in [-0.4, -0.2) is 64.3 Å². The standard InChI is InChI=1S/C29H33FN4O4/c30-27-10-9-21(17-31-27)26-15-24(23-3-1-2-4-25(23)33-26)28(35)32-16-19-5-7-20(8-6-19)18-34(29(36)37)22-11-13-38-14-12-22/h1-4,9-10,15,17,19-20,22H,5-8,11-14,16,18H2,(H,32,35)(H,36,37). The average molecular weight is 521 g/mol. The van der Waals surface area contributed by atoms with Gasteiger partial charge in [0.15, 0.2) is 0 Å². The minimum atomic E-state index is -0.841. The molecular weight excluding hydrogens is 487 g/mol. The van der Waals surface area contributed by atoms with Crippen molar-refractivity contribution in [2.24, 2.45) is 11.8 Å². The number of hydrogen-bond donors (Lipinski definition) is 2. The highest BCUT2D eigenvalue weighted by Crippen LogP contribution is 2.31. The predicted molar refractivity (Wildman–Crippen MR) is 141 cm³/mol. The van der Waals surface area contributed by atoms with E-state index < -0.39 is 12.0 Å². The van der Waals surface area contributed by atoms with E-state index in [1.54, 1.807) is 17.0 Å². The van der Waals surface area contributed by atoms with E-state index in [2.05, 4.69) is 15.3 Å². The third kappa shape index (κ3) is 6.10. The van der Waals surface area contributed by atoms with Crippen LogP contribution in [0.4, 0.5) is 9.18 Å². The van der Waals surface area contributed by atoms with Gasteiger partial charge in [0.25, 0.3) is 5.91 Å². The maximum Gasteiger partial charge on any atom is 0.407 e. The summed E-state index contributed by atoms with van der Waals surface area (Å²) in [6, 6.07) is 12.1. The fraction of sp³-hybridized carbons (Fsp3) is 0.448. The average Bonchev–Trinajstić information content (AvgIpc) is 2.95. The van der Waals surface area contributed by atoms with Crippen LogP contribution in [-0.2, 0) is 4.74 Å². The number of hydrogen-bond acceptors (Lipinski definition) is 5. The number of carbonyl (C=O) groups excluding carboxylic acids is 1. The Morgan fingerprint density at radius 2 is 1.76 bits per heavy atom. The zero-order chi connectivity index (χ0) is 26.5. The first kappa shape index (κ1) is 26.0. The lowest BCUT2D eigenvalue weighted by molar-refractivity contribution is 0.0277. The normalized spacial score (nSPS) is 20.2. The monoisotopic (exact) mass is 520 g/mol. The Kier molecular flexibility index (Phi) is 8.12. The molecule has 2 aliphatic rings. The molecule has 1 saturated carbocycles. The second kappa shape index (κ2) is 11.9. The van der Waals surface area contributed by atoms with E-state index in [9.17, 15) is 19.1 Å². The number of carbonyl (C=O) groups is 2. The zero-order valence-corrected chi connectivity index (χ0v) is 21.3. The first-order chi connectivity index (χ1) is 18.5. The van der Waals surface area contributed by atoms with Crippen molar-refractivity contribution in [3.8, 4) is 11.3 Å². The molecule has 2 amide bonds. The number of ether oxygens (including phenoxy) is 1. The Morgan fingerprint density at radius 3 is 2.47 bits per heavy atom. The number of halogens is 1. The summed E-state index contributed by atoms with van der Waals surface area (Å²) in [7, 11) is 0. The summed E-state index contributed by atoms with van der Waals surface area (Å²) >= 11 is 0. The Balaban J connectivity index is 1.20. The molecule has 5 rings (SSSR count). The summed E-state index contributed by atoms with van der Waals surface area (Å²) in [4.78, 5) is 35.2. The molecule has 1 aliphatic carbocycles. The lowest BCUT2D eigenvalue weighted by Gasteiger charge is -2.37. The van der Waals surface area contributed by atoms with Crippen molar-refractivity contribution in [1.82, 2.24) is 20.2 Å². The smallest absolute Gasteiger partial charge is 0.407 e. The van der Waals surface area contributed by atoms with E-state index in [1.807, 2.05) is 24.3 Å². The molecule has 0 bridgehead atoms. The number of aromatic nitrogens is 2. The van der Waals surface area contributed by atoms with Gasteiger partial charge in [-0.3, -0.25) is 4.79 Å². The van der Waals surface area contributed by atoms with E-state index in [0.29, 0.717) is 60.5 Å². The molecule has 3 heterocycles. The summed E-state index contributed by atoms with van der Waals surface area (Å²) in [6.45, 7) is 2.38. The molecular formula is C29H33FN4O4. The van der Waals surface area contributed by atoms with Crippen molar-refractivity contribution in [2.45, 2.75) is 44.6 Å². The van der Waals surface area contributed by atoms with Gasteiger partial charge in [0, 0.05) is 49.5 Å². The Bertz CT molecular complexity index is 1270. The van der Waals surface area contributed by atoms with Crippen LogP contribution in [0.3, 0.4) is 0 Å². The van der Waals surface area contributed by atoms with Gasteiger partial charge in [-0.2, -0.15) is 4.39 Å². The van der Waals surface area contributed by atoms with Gasteiger partial charge >= 0.3 is 6.09 Å². The number of amides is 2. The molecule has 38 heavy (non-hydrogen) atoms. The number of nitrogens with zero attached hydrogens (tertiary/aromatic N) is 3. The highest BCUT2D eigenvalue weighted by molar-refractivity contribution is 6.07. The Hall–Kier alpha value is -3.59. The molecule has 3 aromatic rings. The lowest BCUT2D eigenvalue weighted by Crippen LogP contribution is -2.45. The maximum absolute atomic E-state index is 13.3. The van der Waals surface area contributed by atoms with Crippen LogP contribution in [0.15, 0.2) is 48.7 Å². The van der Waals surface area contributed by atoms with Gasteiger partial charge in [-0.15, -0.1) is 0 Å². The van der Waals surface area contributed by atoms with Crippen LogP contribution in [0.1, 0.15) is 48.9 Å². The van der Waals surface area contributed by atoms with Crippen LogP contribution < -0.4 is 5.32 Å². The Morgan fingerprint density at radius 1 is 1.03 bits per heavy atom. The largest absolute Gasteiger partial charge is 0.465 e. The molecule has 2 N–H and O–H groups in total. The van der Waals surface area contributed by atoms with Crippen molar-refractivity contribution in [3.05, 3.63) is 60.2 Å². The third-order valence-electron chi connectivity index (χ3n) is 7.83. The van der Waals surface area contributed by atoms with E-state index in [0.717, 1.165) is 43.9 Å². The Labute approximate surface area is 221 Å². The predicted octanol–water partition coefficient (Wildman–Crippen LogP) is 5.13. The lowest BCUT2D eigenvalue weighted by atomic mass is 9.81. The first-order valence-corrected chi connectivity index (χ1v) is 13.3. The van der Waals surface area contributed by atoms with Crippen LogP contribution >= 0.6 is 0 Å². The summed E-state index contributed by atoms with van der Waals surface area (Å²) in [5, 5.41) is 13.6. The fourth-order valence-corrected chi connectivity index (χ4v) is 5.65. The number of rotatable bonds is 7. The second-order valence-corrected chi connectivity index (χ2v) is 10.3. The number of nitrogens with one attached hydrogen (secondary N) is 1. The van der Waals surface area contributed by atoms with Gasteiger partial charge in [0.2, 0.25) is 5.95 Å². The van der Waals surface area contributed by atoms with Gasteiger partial charge in [-0.05, 0) is 74.6 Å². The SMILES string of the molecule is O=C(NCC1CCC(CN(C(=O)O)C2CCOCC2)CC1)c1cc(-c2ccc(F)nc2)nc2ccccc12. The van der Waals surface area contributed by atoms with Gasteiger partial charge in [0.05, 0.1) is 16.8 Å². The molecule has 0 radical (unpaired) electrons. The third-order valence-corrected chi connectivity index (χ3v) is 7.83. The van der Waals surface area contributed by atoms with Crippen LogP contribution in [0.25, 0.3) is 22.2 Å². The van der Waals surface area contributed by atoms with Gasteiger partial charge < -0.3 is 20.1 Å². The van der Waals surface area contributed by atoms with E-state index in [1.165, 1.54) is 12.3 Å². The molecule has 2 fully saturated rings. The summed E-state index contributed by atoms with van der Waals surface area (Å²) in [5.41, 5.74) is 2.42. The van der Waals surface area contributed by atoms with Crippen molar-refractivity contribution >= 4 is 22.9 Å². The molecule has 1 aromatic carbocycles. The van der Waals surface area contributed by atoms with Crippen molar-refractivity contribution in [3.63, 3.8) is 0 Å². The summed E-state index contributed by atoms with van der Waals surface area (Å²) in [5.74, 6) is -0.0394. The van der Waals surface area contributed by atoms with E-state index >= 15 is 0 Å². The molecule has 9 heteroatoms. The summed E-state index contributed by atoms with van der Waals surface area (Å²) in [6.07, 6.45) is 5.91. The topological polar surface area (TPSA) is 105 Å². The molecule has 2 aromatic heterocycles. The van der Waals surface area contributed by atoms with Gasteiger partial charge in [-0.25, -0.2) is 14.8 Å². The first-order valence-electron chi connectivity index (χ1n) is 13.3. The molecule has 200 valence electrons. The number of benzene rings is 1. The highest BCUT2D eigenvalue weighted by Gasteiger charge is 2.30. The quantitative estimate of drug-likeness (QED) is 0.419. The van der Waals surface area contributed by atoms with Crippen LogP contribution in [0.5, 0.6) is 0 Å². The van der Waals surface area contributed by atoms with Crippen molar-refractivity contribution in [1.29, 1.82) is 0 Å². The number of pyridine rings is 2. The molecule has 1 aliphatic heterocycles. The fourth-order valence-electron chi connectivity index (χ4n) is 5.65. The number of para-hydroxylation sites is 1. The van der Waals surface area contributed by atoms with Crippen LogP contribution in [0.2, 0.25) is 0 Å². The molecule has 0 atom stereocenters.